The van der Waals surface area contributed by atoms with Gasteiger partial charge in [-0.25, -0.2) is 0 Å². The van der Waals surface area contributed by atoms with E-state index in [0.717, 1.165) is 0 Å². The SMILES string of the molecule is CC(C)CNC(=O)CNc1ccc(N)nn1. The van der Waals surface area contributed by atoms with E-state index < -0.39 is 0 Å². The van der Waals surface area contributed by atoms with Crippen molar-refractivity contribution in [2.24, 2.45) is 5.92 Å². The van der Waals surface area contributed by atoms with Gasteiger partial charge in [0.05, 0.1) is 6.54 Å². The minimum absolute atomic E-state index is 0.0627. The van der Waals surface area contributed by atoms with Crippen molar-refractivity contribution in [2.75, 3.05) is 24.1 Å². The number of amides is 1. The largest absolute Gasteiger partial charge is 0.382 e. The molecule has 1 amide bonds. The fourth-order valence-corrected chi connectivity index (χ4v) is 0.988. The first-order valence-corrected chi connectivity index (χ1v) is 5.17. The summed E-state index contributed by atoms with van der Waals surface area (Å²) in [6.07, 6.45) is 0. The smallest absolute Gasteiger partial charge is 0.239 e. The second kappa shape index (κ2) is 5.89. The molecule has 1 heterocycles. The molecule has 0 saturated heterocycles. The molecule has 0 radical (unpaired) electrons. The molecule has 0 aromatic carbocycles. The number of carbonyl (C=O) groups is 1. The summed E-state index contributed by atoms with van der Waals surface area (Å²) in [6, 6.07) is 3.30. The molecule has 0 saturated carbocycles. The zero-order valence-corrected chi connectivity index (χ0v) is 9.53. The second-order valence-corrected chi connectivity index (χ2v) is 3.89. The Labute approximate surface area is 94.6 Å². The molecule has 0 spiro atoms. The number of anilines is 2. The van der Waals surface area contributed by atoms with E-state index in [1.165, 1.54) is 0 Å². The van der Waals surface area contributed by atoms with E-state index in [4.69, 9.17) is 5.73 Å². The van der Waals surface area contributed by atoms with E-state index in [-0.39, 0.29) is 12.5 Å². The summed E-state index contributed by atoms with van der Waals surface area (Å²) < 4.78 is 0. The Kier molecular flexibility index (Phi) is 4.50. The number of nitrogens with one attached hydrogen (secondary N) is 2. The molecule has 0 aliphatic carbocycles. The van der Waals surface area contributed by atoms with Crippen LogP contribution in [0, 0.1) is 5.92 Å². The molecule has 0 aliphatic rings. The Morgan fingerprint density at radius 1 is 1.44 bits per heavy atom. The molecule has 0 unspecified atom stereocenters. The minimum Gasteiger partial charge on any atom is -0.382 e. The highest BCUT2D eigenvalue weighted by Gasteiger charge is 2.02. The van der Waals surface area contributed by atoms with Crippen LogP contribution in [0.5, 0.6) is 0 Å². The van der Waals surface area contributed by atoms with Gasteiger partial charge in [0.1, 0.15) is 11.6 Å². The molecule has 0 fully saturated rings. The normalized spacial score (nSPS) is 10.2. The van der Waals surface area contributed by atoms with Crippen molar-refractivity contribution >= 4 is 17.5 Å². The molecule has 1 aromatic heterocycles. The van der Waals surface area contributed by atoms with Crippen molar-refractivity contribution < 1.29 is 4.79 Å². The van der Waals surface area contributed by atoms with Crippen LogP contribution in [0.3, 0.4) is 0 Å². The number of nitrogens with two attached hydrogens (primary N) is 1. The van der Waals surface area contributed by atoms with Crippen molar-refractivity contribution in [3.63, 3.8) is 0 Å². The van der Waals surface area contributed by atoms with Gasteiger partial charge in [0.15, 0.2) is 0 Å². The summed E-state index contributed by atoms with van der Waals surface area (Å²) in [5.41, 5.74) is 5.38. The lowest BCUT2D eigenvalue weighted by Crippen LogP contribution is -2.32. The van der Waals surface area contributed by atoms with Crippen LogP contribution in [0.1, 0.15) is 13.8 Å². The molecule has 0 atom stereocenters. The molecule has 16 heavy (non-hydrogen) atoms. The molecule has 4 N–H and O–H groups in total. The van der Waals surface area contributed by atoms with Gasteiger partial charge in [0.25, 0.3) is 0 Å². The van der Waals surface area contributed by atoms with Crippen LogP contribution in [0.4, 0.5) is 11.6 Å². The standard InChI is InChI=1S/C10H17N5O/c1-7(2)5-13-10(16)6-12-9-4-3-8(11)14-15-9/h3-4,7H,5-6H2,1-2H3,(H2,11,14)(H,12,15)(H,13,16). The van der Waals surface area contributed by atoms with Gasteiger partial charge in [-0.15, -0.1) is 10.2 Å². The quantitative estimate of drug-likeness (QED) is 0.665. The van der Waals surface area contributed by atoms with Gasteiger partial charge in [-0.3, -0.25) is 4.79 Å². The molecule has 0 bridgehead atoms. The fourth-order valence-electron chi connectivity index (χ4n) is 0.988. The highest BCUT2D eigenvalue weighted by Crippen LogP contribution is 2.01. The molecule has 0 aliphatic heterocycles. The molecule has 1 rings (SSSR count). The van der Waals surface area contributed by atoms with Crippen LogP contribution < -0.4 is 16.4 Å². The number of nitrogens with zero attached hydrogens (tertiary/aromatic N) is 2. The summed E-state index contributed by atoms with van der Waals surface area (Å²) in [5.74, 6) is 1.27. The highest BCUT2D eigenvalue weighted by molar-refractivity contribution is 5.80. The fraction of sp³-hybridized carbons (Fsp3) is 0.500. The van der Waals surface area contributed by atoms with Crippen LogP contribution in [-0.2, 0) is 4.79 Å². The Hall–Kier alpha value is -1.85. The highest BCUT2D eigenvalue weighted by atomic mass is 16.1. The van der Waals surface area contributed by atoms with Crippen LogP contribution in [0.15, 0.2) is 12.1 Å². The molecular weight excluding hydrogens is 206 g/mol. The Morgan fingerprint density at radius 3 is 2.75 bits per heavy atom. The van der Waals surface area contributed by atoms with Crippen molar-refractivity contribution in [3.05, 3.63) is 12.1 Å². The second-order valence-electron chi connectivity index (χ2n) is 3.89. The third-order valence-electron chi connectivity index (χ3n) is 1.82. The molecule has 88 valence electrons. The minimum atomic E-state index is -0.0627. The molecular formula is C10H17N5O. The van der Waals surface area contributed by atoms with Crippen molar-refractivity contribution in [1.29, 1.82) is 0 Å². The van der Waals surface area contributed by atoms with Gasteiger partial charge in [-0.05, 0) is 18.1 Å². The summed E-state index contributed by atoms with van der Waals surface area (Å²) in [6.45, 7) is 4.94. The van der Waals surface area contributed by atoms with E-state index in [1.807, 2.05) is 13.8 Å². The zero-order valence-electron chi connectivity index (χ0n) is 9.53. The van der Waals surface area contributed by atoms with Crippen LogP contribution in [-0.4, -0.2) is 29.2 Å². The predicted molar refractivity (Wildman–Crippen MR) is 62.8 cm³/mol. The zero-order chi connectivity index (χ0) is 12.0. The number of rotatable bonds is 5. The maximum atomic E-state index is 11.3. The number of nitrogen functional groups attached to an aromatic ring is 1. The lowest BCUT2D eigenvalue weighted by atomic mass is 10.2. The van der Waals surface area contributed by atoms with Gasteiger partial charge < -0.3 is 16.4 Å². The lowest BCUT2D eigenvalue weighted by molar-refractivity contribution is -0.119. The number of hydrogen-bond donors (Lipinski definition) is 3. The first-order chi connectivity index (χ1) is 7.58. The van der Waals surface area contributed by atoms with Crippen molar-refractivity contribution in [1.82, 2.24) is 15.5 Å². The number of aromatic nitrogens is 2. The molecule has 6 heteroatoms. The molecule has 1 aromatic rings. The summed E-state index contributed by atoms with van der Waals surface area (Å²) in [4.78, 5) is 11.3. The van der Waals surface area contributed by atoms with Crippen LogP contribution in [0.25, 0.3) is 0 Å². The Balaban J connectivity index is 2.29. The number of hydrogen-bond acceptors (Lipinski definition) is 5. The maximum Gasteiger partial charge on any atom is 0.239 e. The van der Waals surface area contributed by atoms with Crippen LogP contribution >= 0.6 is 0 Å². The average molecular weight is 223 g/mol. The Morgan fingerprint density at radius 2 is 2.19 bits per heavy atom. The monoisotopic (exact) mass is 223 g/mol. The topological polar surface area (TPSA) is 92.9 Å². The van der Waals surface area contributed by atoms with Gasteiger partial charge in [-0.1, -0.05) is 13.8 Å². The average Bonchev–Trinajstić information content (AvgIpc) is 2.25. The lowest BCUT2D eigenvalue weighted by Gasteiger charge is -2.08. The summed E-state index contributed by atoms with van der Waals surface area (Å²) >= 11 is 0. The first-order valence-electron chi connectivity index (χ1n) is 5.17. The first kappa shape index (κ1) is 12.2. The number of carbonyl (C=O) groups excluding carboxylic acids is 1. The van der Waals surface area contributed by atoms with E-state index in [0.29, 0.717) is 24.1 Å². The van der Waals surface area contributed by atoms with Gasteiger partial charge in [-0.2, -0.15) is 0 Å². The van der Waals surface area contributed by atoms with E-state index >= 15 is 0 Å². The third-order valence-corrected chi connectivity index (χ3v) is 1.82. The van der Waals surface area contributed by atoms with E-state index in [2.05, 4.69) is 20.8 Å². The Bertz CT molecular complexity index is 336. The van der Waals surface area contributed by atoms with E-state index in [1.54, 1.807) is 12.1 Å². The van der Waals surface area contributed by atoms with Crippen molar-refractivity contribution in [3.8, 4) is 0 Å². The van der Waals surface area contributed by atoms with Gasteiger partial charge >= 0.3 is 0 Å². The summed E-state index contributed by atoms with van der Waals surface area (Å²) in [5, 5.41) is 13.1. The maximum absolute atomic E-state index is 11.3. The predicted octanol–water partition coefficient (Wildman–Crippen LogP) is 0.243. The third kappa shape index (κ3) is 4.59. The van der Waals surface area contributed by atoms with Gasteiger partial charge in [0, 0.05) is 6.54 Å². The van der Waals surface area contributed by atoms with Crippen LogP contribution in [0.2, 0.25) is 0 Å². The van der Waals surface area contributed by atoms with Crippen molar-refractivity contribution in [2.45, 2.75) is 13.8 Å². The molecule has 6 nitrogen and oxygen atoms in total. The summed E-state index contributed by atoms with van der Waals surface area (Å²) in [7, 11) is 0. The van der Waals surface area contributed by atoms with Gasteiger partial charge in [0.2, 0.25) is 5.91 Å². The van der Waals surface area contributed by atoms with E-state index in [9.17, 15) is 4.79 Å².